The number of carbonyl (C=O) groups excluding carboxylic acids is 1. The van der Waals surface area contributed by atoms with Gasteiger partial charge in [-0.1, -0.05) is 58.3 Å². The summed E-state index contributed by atoms with van der Waals surface area (Å²) in [5.74, 6) is -1.25. The molecule has 4 nitrogen and oxygen atoms in total. The second kappa shape index (κ2) is 10.8. The van der Waals surface area contributed by atoms with E-state index in [0.29, 0.717) is 6.42 Å². The Kier molecular flexibility index (Phi) is 10.3. The molecule has 0 amide bonds. The van der Waals surface area contributed by atoms with Crippen LogP contribution in [-0.2, 0) is 9.59 Å². The van der Waals surface area contributed by atoms with E-state index in [0.717, 1.165) is 19.3 Å². The molecule has 4 heteroatoms. The molecule has 1 atom stereocenters. The molecule has 0 aliphatic heterocycles. The molecule has 1 unspecified atom stereocenters. The quantitative estimate of drug-likeness (QED) is 0.414. The number of unbranched alkanes of at least 4 members (excludes halogenated alkanes) is 8. The highest BCUT2D eigenvalue weighted by molar-refractivity contribution is 6.07. The molecule has 124 valence electrons. The first-order valence-electron chi connectivity index (χ1n) is 8.31. The summed E-state index contributed by atoms with van der Waals surface area (Å²) >= 11 is 0. The van der Waals surface area contributed by atoms with Crippen LogP contribution in [-0.4, -0.2) is 41.4 Å². The minimum atomic E-state index is -1.39. The van der Waals surface area contributed by atoms with Crippen LogP contribution in [0.1, 0.15) is 78.1 Å². The van der Waals surface area contributed by atoms with Gasteiger partial charge in [0.05, 0.1) is 0 Å². The number of hydrogen-bond acceptors (Lipinski definition) is 3. The van der Waals surface area contributed by atoms with Crippen molar-refractivity contribution in [3.05, 3.63) is 0 Å². The van der Waals surface area contributed by atoms with E-state index in [4.69, 9.17) is 0 Å². The van der Waals surface area contributed by atoms with Crippen LogP contribution in [0.15, 0.2) is 0 Å². The smallest absolute Gasteiger partial charge is 0.331 e. The predicted octanol–water partition coefficient (Wildman–Crippen LogP) is 3.88. The van der Waals surface area contributed by atoms with Crippen molar-refractivity contribution < 1.29 is 14.7 Å². The molecular formula is C17H33NO3. The van der Waals surface area contributed by atoms with Crippen LogP contribution in [0.2, 0.25) is 0 Å². The Morgan fingerprint density at radius 2 is 1.33 bits per heavy atom. The Hall–Kier alpha value is -0.900. The summed E-state index contributed by atoms with van der Waals surface area (Å²) in [4.78, 5) is 24.9. The maximum atomic E-state index is 12.1. The third-order valence-electron chi connectivity index (χ3n) is 4.36. The van der Waals surface area contributed by atoms with Crippen LogP contribution in [0.5, 0.6) is 0 Å². The highest BCUT2D eigenvalue weighted by Crippen LogP contribution is 2.18. The average molecular weight is 299 g/mol. The van der Waals surface area contributed by atoms with E-state index in [1.165, 1.54) is 50.3 Å². The highest BCUT2D eigenvalue weighted by Gasteiger charge is 2.42. The topological polar surface area (TPSA) is 57.6 Å². The molecule has 0 aromatic rings. The zero-order valence-corrected chi connectivity index (χ0v) is 14.3. The van der Waals surface area contributed by atoms with Gasteiger partial charge in [-0.05, 0) is 27.4 Å². The minimum absolute atomic E-state index is 0.192. The van der Waals surface area contributed by atoms with Gasteiger partial charge in [-0.3, -0.25) is 9.69 Å². The number of likely N-dealkylation sites (N-methyl/N-ethyl adjacent to an activating group) is 1. The zero-order chi connectivity index (χ0) is 16.3. The van der Waals surface area contributed by atoms with E-state index in [9.17, 15) is 14.7 Å². The van der Waals surface area contributed by atoms with E-state index in [2.05, 4.69) is 6.92 Å². The summed E-state index contributed by atoms with van der Waals surface area (Å²) in [5, 5.41) is 9.25. The Balaban J connectivity index is 3.82. The number of hydrogen-bond donors (Lipinski definition) is 1. The summed E-state index contributed by atoms with van der Waals surface area (Å²) in [7, 11) is 3.28. The number of carbonyl (C=O) groups is 2. The second-order valence-electron chi connectivity index (χ2n) is 6.27. The molecule has 0 radical (unpaired) electrons. The molecule has 0 fully saturated rings. The van der Waals surface area contributed by atoms with Crippen LogP contribution in [0, 0.1) is 0 Å². The molecule has 21 heavy (non-hydrogen) atoms. The summed E-state index contributed by atoms with van der Waals surface area (Å²) < 4.78 is 0. The Labute approximate surface area is 129 Å². The van der Waals surface area contributed by atoms with Gasteiger partial charge < -0.3 is 5.11 Å². The third-order valence-corrected chi connectivity index (χ3v) is 4.36. The van der Waals surface area contributed by atoms with Crippen molar-refractivity contribution in [2.75, 3.05) is 14.1 Å². The van der Waals surface area contributed by atoms with Crippen LogP contribution < -0.4 is 0 Å². The van der Waals surface area contributed by atoms with Crippen molar-refractivity contribution in [2.45, 2.75) is 83.6 Å². The molecule has 0 aliphatic carbocycles. The van der Waals surface area contributed by atoms with E-state index in [-0.39, 0.29) is 5.78 Å². The van der Waals surface area contributed by atoms with Gasteiger partial charge in [0.1, 0.15) is 0 Å². The van der Waals surface area contributed by atoms with Crippen molar-refractivity contribution in [3.63, 3.8) is 0 Å². The van der Waals surface area contributed by atoms with Gasteiger partial charge in [-0.15, -0.1) is 0 Å². The standard InChI is InChI=1S/C17H33NO3/c1-5-6-7-8-9-10-11-12-13-14-15(19)17(2,16(20)21)18(3)4/h5-14H2,1-4H3,(H,20,21). The number of aliphatic carboxylic acids is 1. The number of nitrogens with zero attached hydrogens (tertiary/aromatic N) is 1. The zero-order valence-electron chi connectivity index (χ0n) is 14.3. The van der Waals surface area contributed by atoms with Crippen LogP contribution in [0.3, 0.4) is 0 Å². The summed E-state index contributed by atoms with van der Waals surface area (Å²) in [5.41, 5.74) is -1.39. The van der Waals surface area contributed by atoms with Crippen LogP contribution in [0.25, 0.3) is 0 Å². The number of carboxylic acid groups (broad SMARTS) is 1. The van der Waals surface area contributed by atoms with Gasteiger partial charge in [0.15, 0.2) is 11.3 Å². The van der Waals surface area contributed by atoms with E-state index in [1.54, 1.807) is 14.1 Å². The first kappa shape index (κ1) is 20.1. The van der Waals surface area contributed by atoms with Gasteiger partial charge in [0.25, 0.3) is 0 Å². The largest absolute Gasteiger partial charge is 0.480 e. The minimum Gasteiger partial charge on any atom is -0.480 e. The number of rotatable bonds is 13. The molecule has 0 heterocycles. The summed E-state index contributed by atoms with van der Waals surface area (Å²) in [6.07, 6.45) is 11.1. The first-order valence-corrected chi connectivity index (χ1v) is 8.31. The van der Waals surface area contributed by atoms with Gasteiger partial charge >= 0.3 is 5.97 Å². The molecular weight excluding hydrogens is 266 g/mol. The lowest BCUT2D eigenvalue weighted by molar-refractivity contribution is -0.154. The molecule has 0 saturated heterocycles. The molecule has 0 aromatic heterocycles. The SMILES string of the molecule is CCCCCCCCCCCC(=O)C(C)(C(=O)O)N(C)C. The molecule has 0 aliphatic rings. The van der Waals surface area contributed by atoms with Crippen molar-refractivity contribution in [1.82, 2.24) is 4.90 Å². The van der Waals surface area contributed by atoms with Crippen molar-refractivity contribution in [3.8, 4) is 0 Å². The molecule has 0 bridgehead atoms. The van der Waals surface area contributed by atoms with Crippen molar-refractivity contribution in [1.29, 1.82) is 0 Å². The molecule has 0 aromatic carbocycles. The molecule has 0 saturated carbocycles. The summed E-state index contributed by atoms with van der Waals surface area (Å²) in [6, 6.07) is 0. The maximum absolute atomic E-state index is 12.1. The fourth-order valence-corrected chi connectivity index (χ4v) is 2.40. The number of carboxylic acids is 1. The summed E-state index contributed by atoms with van der Waals surface area (Å²) in [6.45, 7) is 3.71. The van der Waals surface area contributed by atoms with Crippen LogP contribution in [0.4, 0.5) is 0 Å². The van der Waals surface area contributed by atoms with E-state index in [1.807, 2.05) is 0 Å². The second-order valence-corrected chi connectivity index (χ2v) is 6.27. The Bertz CT molecular complexity index is 315. The number of ketones is 1. The highest BCUT2D eigenvalue weighted by atomic mass is 16.4. The van der Waals surface area contributed by atoms with Crippen molar-refractivity contribution >= 4 is 11.8 Å². The monoisotopic (exact) mass is 299 g/mol. The Morgan fingerprint density at radius 1 is 0.905 bits per heavy atom. The van der Waals surface area contributed by atoms with E-state index >= 15 is 0 Å². The molecule has 1 N–H and O–H groups in total. The van der Waals surface area contributed by atoms with E-state index < -0.39 is 11.5 Å². The van der Waals surface area contributed by atoms with Crippen molar-refractivity contribution in [2.24, 2.45) is 0 Å². The average Bonchev–Trinajstić information content (AvgIpc) is 2.43. The normalized spacial score (nSPS) is 14.1. The lowest BCUT2D eigenvalue weighted by Gasteiger charge is -2.30. The van der Waals surface area contributed by atoms with Gasteiger partial charge in [0, 0.05) is 6.42 Å². The van der Waals surface area contributed by atoms with Gasteiger partial charge in [-0.25, -0.2) is 4.79 Å². The Morgan fingerprint density at radius 3 is 1.71 bits per heavy atom. The van der Waals surface area contributed by atoms with Gasteiger partial charge in [0.2, 0.25) is 0 Å². The number of Topliss-reactive ketones (excluding diaryl/α,β-unsaturated/α-hetero) is 1. The van der Waals surface area contributed by atoms with Crippen LogP contribution >= 0.6 is 0 Å². The maximum Gasteiger partial charge on any atom is 0.331 e. The lowest BCUT2D eigenvalue weighted by Crippen LogP contribution is -2.54. The fraction of sp³-hybridized carbons (Fsp3) is 0.882. The predicted molar refractivity (Wildman–Crippen MR) is 86.6 cm³/mol. The third kappa shape index (κ3) is 7.07. The first-order chi connectivity index (χ1) is 9.87. The van der Waals surface area contributed by atoms with Gasteiger partial charge in [-0.2, -0.15) is 0 Å². The lowest BCUT2D eigenvalue weighted by atomic mass is 9.91. The molecule has 0 rings (SSSR count). The molecule has 0 spiro atoms. The fourth-order valence-electron chi connectivity index (χ4n) is 2.40.